The molecule has 20 heavy (non-hydrogen) atoms. The molecule has 0 atom stereocenters. The number of carbonyl (C=O) groups excluding carboxylic acids is 1. The largest absolute Gasteiger partial charge is 0.342 e. The maximum atomic E-state index is 12.2. The highest BCUT2D eigenvalue weighted by Gasteiger charge is 2.11. The zero-order valence-corrected chi connectivity index (χ0v) is 13.0. The highest BCUT2D eigenvalue weighted by Crippen LogP contribution is 2.09. The fourth-order valence-corrected chi connectivity index (χ4v) is 2.22. The van der Waals surface area contributed by atoms with Gasteiger partial charge in [0.2, 0.25) is 0 Å². The second-order valence-corrected chi connectivity index (χ2v) is 5.50. The summed E-state index contributed by atoms with van der Waals surface area (Å²) in [5.41, 5.74) is 1.93. The van der Waals surface area contributed by atoms with Crippen LogP contribution in [0.25, 0.3) is 0 Å². The standard InChI is InChI=1S/C16H17BrN2O/c1-19(11-5-8-13-6-3-2-4-7-13)16(20)14-9-10-15(17)18-12-14/h2-4,6-7,9-10,12H,5,8,11H2,1H3. The molecule has 2 aromatic rings. The number of pyridine rings is 1. The van der Waals surface area contributed by atoms with E-state index in [0.717, 1.165) is 24.0 Å². The molecule has 0 aliphatic heterocycles. The summed E-state index contributed by atoms with van der Waals surface area (Å²) in [4.78, 5) is 18.0. The number of halogens is 1. The van der Waals surface area contributed by atoms with Crippen LogP contribution in [0.15, 0.2) is 53.3 Å². The molecule has 4 heteroatoms. The summed E-state index contributed by atoms with van der Waals surface area (Å²) >= 11 is 3.26. The van der Waals surface area contributed by atoms with Gasteiger partial charge in [0.1, 0.15) is 4.60 Å². The Balaban J connectivity index is 1.84. The van der Waals surface area contributed by atoms with Crippen molar-refractivity contribution in [1.29, 1.82) is 0 Å². The lowest BCUT2D eigenvalue weighted by Crippen LogP contribution is -2.28. The fourth-order valence-electron chi connectivity index (χ4n) is 1.99. The molecule has 0 saturated heterocycles. The predicted octanol–water partition coefficient (Wildman–Crippen LogP) is 3.55. The van der Waals surface area contributed by atoms with Crippen molar-refractivity contribution in [2.75, 3.05) is 13.6 Å². The highest BCUT2D eigenvalue weighted by molar-refractivity contribution is 9.10. The van der Waals surface area contributed by atoms with Crippen molar-refractivity contribution >= 4 is 21.8 Å². The molecule has 0 unspecified atom stereocenters. The summed E-state index contributed by atoms with van der Waals surface area (Å²) in [6.07, 6.45) is 3.54. The van der Waals surface area contributed by atoms with Gasteiger partial charge in [-0.05, 0) is 46.5 Å². The molecule has 0 spiro atoms. The first kappa shape index (κ1) is 14.7. The molecular weight excluding hydrogens is 316 g/mol. The molecule has 0 bridgehead atoms. The van der Waals surface area contributed by atoms with Crippen LogP contribution in [0.2, 0.25) is 0 Å². The van der Waals surface area contributed by atoms with Crippen LogP contribution in [0.3, 0.4) is 0 Å². The lowest BCUT2D eigenvalue weighted by molar-refractivity contribution is 0.0793. The Bertz CT molecular complexity index is 554. The molecule has 0 saturated carbocycles. The van der Waals surface area contributed by atoms with Gasteiger partial charge in [0.25, 0.3) is 5.91 Å². The van der Waals surface area contributed by atoms with Crippen LogP contribution >= 0.6 is 15.9 Å². The smallest absolute Gasteiger partial charge is 0.255 e. The van der Waals surface area contributed by atoms with Gasteiger partial charge in [-0.1, -0.05) is 30.3 Å². The molecule has 0 radical (unpaired) electrons. The normalized spacial score (nSPS) is 10.3. The number of rotatable bonds is 5. The maximum Gasteiger partial charge on any atom is 0.255 e. The molecule has 0 N–H and O–H groups in total. The molecule has 0 aliphatic rings. The van der Waals surface area contributed by atoms with Crippen LogP contribution in [0.1, 0.15) is 22.3 Å². The number of nitrogens with zero attached hydrogens (tertiary/aromatic N) is 2. The van der Waals surface area contributed by atoms with E-state index in [0.29, 0.717) is 5.56 Å². The van der Waals surface area contributed by atoms with Crippen LogP contribution in [-0.2, 0) is 6.42 Å². The zero-order chi connectivity index (χ0) is 14.4. The average Bonchev–Trinajstić information content (AvgIpc) is 2.48. The number of hydrogen-bond acceptors (Lipinski definition) is 2. The van der Waals surface area contributed by atoms with Crippen LogP contribution in [0, 0.1) is 0 Å². The first-order valence-corrected chi connectivity index (χ1v) is 7.37. The summed E-state index contributed by atoms with van der Waals surface area (Å²) in [5, 5.41) is 0. The second kappa shape index (κ2) is 7.20. The first-order chi connectivity index (χ1) is 9.66. The van der Waals surface area contributed by atoms with Crippen LogP contribution < -0.4 is 0 Å². The highest BCUT2D eigenvalue weighted by atomic mass is 79.9. The van der Waals surface area contributed by atoms with Gasteiger partial charge in [0.15, 0.2) is 0 Å². The van der Waals surface area contributed by atoms with Gasteiger partial charge in [-0.3, -0.25) is 4.79 Å². The third-order valence-electron chi connectivity index (χ3n) is 3.12. The average molecular weight is 333 g/mol. The van der Waals surface area contributed by atoms with Crippen molar-refractivity contribution < 1.29 is 4.79 Å². The van der Waals surface area contributed by atoms with Crippen LogP contribution in [0.5, 0.6) is 0 Å². The van der Waals surface area contributed by atoms with Crippen molar-refractivity contribution in [3.05, 3.63) is 64.4 Å². The van der Waals surface area contributed by atoms with E-state index >= 15 is 0 Å². The number of amides is 1. The summed E-state index contributed by atoms with van der Waals surface area (Å²) < 4.78 is 0.737. The molecule has 104 valence electrons. The molecule has 2 rings (SSSR count). The van der Waals surface area contributed by atoms with Crippen LogP contribution in [0.4, 0.5) is 0 Å². The van der Waals surface area contributed by atoms with E-state index in [9.17, 15) is 4.79 Å². The molecule has 3 nitrogen and oxygen atoms in total. The van der Waals surface area contributed by atoms with Gasteiger partial charge in [-0.15, -0.1) is 0 Å². The maximum absolute atomic E-state index is 12.2. The monoisotopic (exact) mass is 332 g/mol. The van der Waals surface area contributed by atoms with E-state index in [1.54, 1.807) is 23.2 Å². The summed E-state index contributed by atoms with van der Waals surface area (Å²) in [6.45, 7) is 0.740. The first-order valence-electron chi connectivity index (χ1n) is 6.58. The van der Waals surface area contributed by atoms with Crippen molar-refractivity contribution in [3.8, 4) is 0 Å². The van der Waals surface area contributed by atoms with Crippen LogP contribution in [-0.4, -0.2) is 29.4 Å². The van der Waals surface area contributed by atoms with Crippen molar-refractivity contribution in [2.45, 2.75) is 12.8 Å². The SMILES string of the molecule is CN(CCCc1ccccc1)C(=O)c1ccc(Br)nc1. The Morgan fingerprint density at radius 2 is 1.95 bits per heavy atom. The number of benzene rings is 1. The Kier molecular flexibility index (Phi) is 5.30. The minimum Gasteiger partial charge on any atom is -0.342 e. The van der Waals surface area contributed by atoms with E-state index in [-0.39, 0.29) is 5.91 Å². The molecular formula is C16H17BrN2O. The molecule has 0 fully saturated rings. The number of carbonyl (C=O) groups is 1. The Morgan fingerprint density at radius 3 is 2.60 bits per heavy atom. The summed E-state index contributed by atoms with van der Waals surface area (Å²) in [7, 11) is 1.83. The fraction of sp³-hybridized carbons (Fsp3) is 0.250. The minimum atomic E-state index is 0.0121. The summed E-state index contributed by atoms with van der Waals surface area (Å²) in [6, 6.07) is 13.9. The Morgan fingerprint density at radius 1 is 1.20 bits per heavy atom. The van der Waals surface area contributed by atoms with Gasteiger partial charge in [-0.2, -0.15) is 0 Å². The van der Waals surface area contributed by atoms with Gasteiger partial charge in [-0.25, -0.2) is 4.98 Å². The zero-order valence-electron chi connectivity index (χ0n) is 11.4. The van der Waals surface area contributed by atoms with E-state index in [1.807, 2.05) is 25.2 Å². The Labute approximate surface area is 127 Å². The molecule has 1 heterocycles. The minimum absolute atomic E-state index is 0.0121. The van der Waals surface area contributed by atoms with Crippen molar-refractivity contribution in [3.63, 3.8) is 0 Å². The topological polar surface area (TPSA) is 33.2 Å². The lowest BCUT2D eigenvalue weighted by atomic mass is 10.1. The molecule has 1 aromatic heterocycles. The lowest BCUT2D eigenvalue weighted by Gasteiger charge is -2.17. The predicted molar refractivity (Wildman–Crippen MR) is 83.7 cm³/mol. The second-order valence-electron chi connectivity index (χ2n) is 4.69. The van der Waals surface area contributed by atoms with E-state index in [4.69, 9.17) is 0 Å². The molecule has 1 aromatic carbocycles. The van der Waals surface area contributed by atoms with Gasteiger partial charge >= 0.3 is 0 Å². The summed E-state index contributed by atoms with van der Waals surface area (Å²) in [5.74, 6) is 0.0121. The van der Waals surface area contributed by atoms with E-state index < -0.39 is 0 Å². The third-order valence-corrected chi connectivity index (χ3v) is 3.59. The number of aryl methyl sites for hydroxylation is 1. The van der Waals surface area contributed by atoms with E-state index in [2.05, 4.69) is 33.0 Å². The van der Waals surface area contributed by atoms with Gasteiger partial charge < -0.3 is 4.90 Å². The Hall–Kier alpha value is -1.68. The van der Waals surface area contributed by atoms with Crippen molar-refractivity contribution in [1.82, 2.24) is 9.88 Å². The number of aromatic nitrogens is 1. The molecule has 1 amide bonds. The third kappa shape index (κ3) is 4.17. The molecule has 0 aliphatic carbocycles. The number of hydrogen-bond donors (Lipinski definition) is 0. The quantitative estimate of drug-likeness (QED) is 0.784. The van der Waals surface area contributed by atoms with E-state index in [1.165, 1.54) is 5.56 Å². The van der Waals surface area contributed by atoms with Gasteiger partial charge in [0, 0.05) is 19.8 Å². The van der Waals surface area contributed by atoms with Crippen molar-refractivity contribution in [2.24, 2.45) is 0 Å². The van der Waals surface area contributed by atoms with Gasteiger partial charge in [0.05, 0.1) is 5.56 Å².